The number of carbonyl (C=O) groups excluding carboxylic acids is 2. The van der Waals surface area contributed by atoms with E-state index in [2.05, 4.69) is 31.0 Å². The van der Waals surface area contributed by atoms with Gasteiger partial charge in [-0.15, -0.1) is 0 Å². The minimum absolute atomic E-state index is 0.175. The summed E-state index contributed by atoms with van der Waals surface area (Å²) in [7, 11) is 1.57. The van der Waals surface area contributed by atoms with Crippen molar-refractivity contribution in [3.8, 4) is 5.82 Å². The van der Waals surface area contributed by atoms with Gasteiger partial charge in [-0.3, -0.25) is 4.79 Å². The molecule has 0 atom stereocenters. The summed E-state index contributed by atoms with van der Waals surface area (Å²) >= 11 is 0. The number of rotatable bonds is 5. The predicted octanol–water partition coefficient (Wildman–Crippen LogP) is 1.65. The molecule has 27 heavy (non-hydrogen) atoms. The number of anilines is 1. The Morgan fingerprint density at radius 2 is 2.07 bits per heavy atom. The number of amides is 3. The molecule has 0 bridgehead atoms. The van der Waals surface area contributed by atoms with Gasteiger partial charge in [0.2, 0.25) is 0 Å². The molecule has 0 aliphatic carbocycles. The minimum atomic E-state index is -0.362. The van der Waals surface area contributed by atoms with Crippen molar-refractivity contribution in [2.75, 3.05) is 12.4 Å². The van der Waals surface area contributed by atoms with Gasteiger partial charge in [0.25, 0.3) is 5.91 Å². The molecule has 3 amide bonds. The highest BCUT2D eigenvalue weighted by atomic mass is 16.2. The highest BCUT2D eigenvalue weighted by Gasteiger charge is 2.10. The van der Waals surface area contributed by atoms with E-state index in [1.807, 2.05) is 13.0 Å². The molecule has 0 aliphatic heterocycles. The van der Waals surface area contributed by atoms with Gasteiger partial charge in [0, 0.05) is 36.6 Å². The lowest BCUT2D eigenvalue weighted by atomic mass is 10.1. The van der Waals surface area contributed by atoms with Crippen LogP contribution in [0.2, 0.25) is 0 Å². The smallest absolute Gasteiger partial charge is 0.319 e. The fourth-order valence-electron chi connectivity index (χ4n) is 2.52. The molecule has 1 aromatic carbocycles. The fraction of sp³-hybridized carbons (Fsp3) is 0.167. The molecule has 0 saturated heterocycles. The molecule has 9 nitrogen and oxygen atoms in total. The summed E-state index contributed by atoms with van der Waals surface area (Å²) in [6.07, 6.45) is 4.62. The zero-order chi connectivity index (χ0) is 19.2. The molecule has 3 rings (SSSR count). The summed E-state index contributed by atoms with van der Waals surface area (Å²) in [4.78, 5) is 32.1. The van der Waals surface area contributed by atoms with Crippen molar-refractivity contribution in [2.45, 2.75) is 13.5 Å². The highest BCUT2D eigenvalue weighted by Crippen LogP contribution is 2.16. The lowest BCUT2D eigenvalue weighted by molar-refractivity contribution is 0.0963. The molecule has 3 aromatic rings. The van der Waals surface area contributed by atoms with E-state index in [4.69, 9.17) is 0 Å². The van der Waals surface area contributed by atoms with Gasteiger partial charge in [0.1, 0.15) is 12.7 Å². The summed E-state index contributed by atoms with van der Waals surface area (Å²) in [6.45, 7) is 2.09. The maximum absolute atomic E-state index is 12.3. The zero-order valence-electron chi connectivity index (χ0n) is 14.9. The number of hydrogen-bond acceptors (Lipinski definition) is 5. The van der Waals surface area contributed by atoms with E-state index in [9.17, 15) is 9.59 Å². The quantitative estimate of drug-likeness (QED) is 0.636. The van der Waals surface area contributed by atoms with Gasteiger partial charge in [-0.1, -0.05) is 6.07 Å². The second kappa shape index (κ2) is 8.09. The van der Waals surface area contributed by atoms with Gasteiger partial charge in [-0.05, 0) is 36.8 Å². The van der Waals surface area contributed by atoms with Crippen molar-refractivity contribution in [2.24, 2.45) is 0 Å². The normalized spacial score (nSPS) is 10.3. The SMILES string of the molecule is CNC(=O)c1ccc(NC(=O)NCc2cccnc2-n2cncn2)c(C)c1. The maximum Gasteiger partial charge on any atom is 0.319 e. The van der Waals surface area contributed by atoms with Crippen LogP contribution in [0.15, 0.2) is 49.2 Å². The first kappa shape index (κ1) is 18.1. The largest absolute Gasteiger partial charge is 0.355 e. The van der Waals surface area contributed by atoms with Crippen molar-refractivity contribution < 1.29 is 9.59 Å². The average Bonchev–Trinajstić information content (AvgIpc) is 3.22. The molecule has 0 aliphatic rings. The number of benzene rings is 1. The lowest BCUT2D eigenvalue weighted by Gasteiger charge is -2.12. The lowest BCUT2D eigenvalue weighted by Crippen LogP contribution is -2.29. The third-order valence-corrected chi connectivity index (χ3v) is 3.91. The van der Waals surface area contributed by atoms with Crippen molar-refractivity contribution in [1.29, 1.82) is 0 Å². The van der Waals surface area contributed by atoms with E-state index in [0.29, 0.717) is 17.1 Å². The molecule has 2 aromatic heterocycles. The summed E-state index contributed by atoms with van der Waals surface area (Å²) in [5, 5.41) is 12.2. The molecular formula is C18H19N7O2. The molecule has 0 unspecified atom stereocenters. The molecule has 0 radical (unpaired) electrons. The number of nitrogens with zero attached hydrogens (tertiary/aromatic N) is 4. The topological polar surface area (TPSA) is 114 Å². The van der Waals surface area contributed by atoms with Crippen LogP contribution < -0.4 is 16.0 Å². The van der Waals surface area contributed by atoms with Crippen LogP contribution in [0.1, 0.15) is 21.5 Å². The van der Waals surface area contributed by atoms with Gasteiger partial charge >= 0.3 is 6.03 Å². The van der Waals surface area contributed by atoms with E-state index in [-0.39, 0.29) is 18.5 Å². The number of urea groups is 1. The minimum Gasteiger partial charge on any atom is -0.355 e. The van der Waals surface area contributed by atoms with E-state index in [0.717, 1.165) is 11.1 Å². The molecule has 0 saturated carbocycles. The van der Waals surface area contributed by atoms with Crippen LogP contribution in [0.25, 0.3) is 5.82 Å². The van der Waals surface area contributed by atoms with E-state index >= 15 is 0 Å². The van der Waals surface area contributed by atoms with Crippen LogP contribution in [-0.2, 0) is 6.54 Å². The van der Waals surface area contributed by atoms with Gasteiger partial charge in [0.05, 0.1) is 0 Å². The Hall–Kier alpha value is -3.75. The standard InChI is InChI=1S/C18H19N7O2/c1-12-8-13(17(26)19-2)5-6-15(12)24-18(27)22-9-14-4-3-7-21-16(14)25-11-20-10-23-25/h3-8,10-11H,9H2,1-2H3,(H,19,26)(H2,22,24,27). The fourth-order valence-corrected chi connectivity index (χ4v) is 2.52. The number of hydrogen-bond donors (Lipinski definition) is 3. The van der Waals surface area contributed by atoms with Crippen LogP contribution in [-0.4, -0.2) is 38.7 Å². The van der Waals surface area contributed by atoms with Crippen LogP contribution in [0.3, 0.4) is 0 Å². The number of aromatic nitrogens is 4. The first-order valence-corrected chi connectivity index (χ1v) is 8.25. The molecule has 9 heteroatoms. The Kier molecular flexibility index (Phi) is 5.41. The second-order valence-electron chi connectivity index (χ2n) is 5.74. The van der Waals surface area contributed by atoms with Gasteiger partial charge in [-0.25, -0.2) is 19.4 Å². The predicted molar refractivity (Wildman–Crippen MR) is 99.6 cm³/mol. The summed E-state index contributed by atoms with van der Waals surface area (Å²) in [5.74, 6) is 0.424. The van der Waals surface area contributed by atoms with E-state index < -0.39 is 0 Å². The van der Waals surface area contributed by atoms with Crippen molar-refractivity contribution in [3.63, 3.8) is 0 Å². The monoisotopic (exact) mass is 365 g/mol. The average molecular weight is 365 g/mol. The van der Waals surface area contributed by atoms with Gasteiger partial charge < -0.3 is 16.0 Å². The molecule has 0 fully saturated rings. The zero-order valence-corrected chi connectivity index (χ0v) is 14.9. The Morgan fingerprint density at radius 3 is 2.78 bits per heavy atom. The Labute approximate surface area is 155 Å². The van der Waals surface area contributed by atoms with E-state index in [1.165, 1.54) is 11.0 Å². The second-order valence-corrected chi connectivity index (χ2v) is 5.74. The summed E-state index contributed by atoms with van der Waals surface area (Å²) in [5.41, 5.74) is 2.75. The third kappa shape index (κ3) is 4.27. The third-order valence-electron chi connectivity index (χ3n) is 3.91. The first-order chi connectivity index (χ1) is 13.1. The van der Waals surface area contributed by atoms with Crippen LogP contribution in [0, 0.1) is 6.92 Å². The first-order valence-electron chi connectivity index (χ1n) is 8.25. The Balaban J connectivity index is 1.65. The van der Waals surface area contributed by atoms with Crippen LogP contribution in [0.5, 0.6) is 0 Å². The number of pyridine rings is 1. The molecule has 2 heterocycles. The molecule has 0 spiro atoms. The summed E-state index contributed by atoms with van der Waals surface area (Å²) < 4.78 is 1.54. The van der Waals surface area contributed by atoms with E-state index in [1.54, 1.807) is 43.8 Å². The molecule has 138 valence electrons. The molecule has 3 N–H and O–H groups in total. The Morgan fingerprint density at radius 1 is 1.22 bits per heavy atom. The van der Waals surface area contributed by atoms with Crippen molar-refractivity contribution in [3.05, 3.63) is 65.9 Å². The van der Waals surface area contributed by atoms with Crippen LogP contribution in [0.4, 0.5) is 10.5 Å². The van der Waals surface area contributed by atoms with Crippen LogP contribution >= 0.6 is 0 Å². The van der Waals surface area contributed by atoms with Gasteiger partial charge in [0.15, 0.2) is 5.82 Å². The Bertz CT molecular complexity index is 954. The maximum atomic E-state index is 12.3. The molecular weight excluding hydrogens is 346 g/mol. The highest BCUT2D eigenvalue weighted by molar-refractivity contribution is 5.96. The summed E-state index contributed by atoms with van der Waals surface area (Å²) in [6, 6.07) is 8.36. The number of nitrogens with one attached hydrogen (secondary N) is 3. The van der Waals surface area contributed by atoms with Gasteiger partial charge in [-0.2, -0.15) is 5.10 Å². The van der Waals surface area contributed by atoms with Crippen molar-refractivity contribution in [1.82, 2.24) is 30.4 Å². The van der Waals surface area contributed by atoms with Crippen molar-refractivity contribution >= 4 is 17.6 Å². The number of carbonyl (C=O) groups is 2. The number of aryl methyl sites for hydroxylation is 1.